The van der Waals surface area contributed by atoms with Crippen LogP contribution in [0.2, 0.25) is 0 Å². The van der Waals surface area contributed by atoms with Crippen molar-refractivity contribution in [3.63, 3.8) is 0 Å². The lowest BCUT2D eigenvalue weighted by Gasteiger charge is -2.14. The first-order valence-electron chi connectivity index (χ1n) is 5.18. The Morgan fingerprint density at radius 1 is 1.44 bits per heavy atom. The average Bonchev–Trinajstić information content (AvgIpc) is 2.74. The van der Waals surface area contributed by atoms with Crippen molar-refractivity contribution in [3.8, 4) is 11.5 Å². The van der Waals surface area contributed by atoms with Crippen LogP contribution in [0.25, 0.3) is 0 Å². The van der Waals surface area contributed by atoms with E-state index in [1.54, 1.807) is 0 Å². The highest BCUT2D eigenvalue weighted by atomic mass is 19.3. The molecule has 0 fully saturated rings. The zero-order valence-corrected chi connectivity index (χ0v) is 9.23. The van der Waals surface area contributed by atoms with E-state index in [9.17, 15) is 13.6 Å². The van der Waals surface area contributed by atoms with E-state index in [0.29, 0.717) is 0 Å². The van der Waals surface area contributed by atoms with Gasteiger partial charge in [-0.15, -0.1) is 0 Å². The molecule has 0 amide bonds. The lowest BCUT2D eigenvalue weighted by atomic mass is 10.0. The highest BCUT2D eigenvalue weighted by molar-refractivity contribution is 5.68. The van der Waals surface area contributed by atoms with Gasteiger partial charge < -0.3 is 20.3 Å². The van der Waals surface area contributed by atoms with Crippen LogP contribution >= 0.6 is 0 Å². The van der Waals surface area contributed by atoms with Crippen LogP contribution in [0.5, 0.6) is 11.5 Å². The van der Waals surface area contributed by atoms with Crippen molar-refractivity contribution in [3.05, 3.63) is 23.3 Å². The molecule has 1 aromatic carbocycles. The van der Waals surface area contributed by atoms with Crippen LogP contribution in [0, 0.1) is 0 Å². The van der Waals surface area contributed by atoms with Gasteiger partial charge in [0.1, 0.15) is 0 Å². The number of carbonyl (C=O) groups is 1. The summed E-state index contributed by atoms with van der Waals surface area (Å²) in [5.41, 5.74) is 5.63. The Hall–Kier alpha value is -1.89. The first-order valence-corrected chi connectivity index (χ1v) is 5.18. The highest BCUT2D eigenvalue weighted by Gasteiger charge is 2.26. The second-order valence-corrected chi connectivity index (χ2v) is 3.85. The molecule has 1 aliphatic heterocycles. The van der Waals surface area contributed by atoms with Gasteiger partial charge in [0.2, 0.25) is 6.79 Å². The molecule has 1 aromatic rings. The van der Waals surface area contributed by atoms with E-state index in [2.05, 4.69) is 0 Å². The molecule has 0 aromatic heterocycles. The van der Waals surface area contributed by atoms with Crippen LogP contribution in [-0.2, 0) is 4.79 Å². The molecular weight excluding hydrogens is 248 g/mol. The number of ether oxygens (including phenoxy) is 2. The monoisotopic (exact) mass is 259 g/mol. The van der Waals surface area contributed by atoms with Gasteiger partial charge in [-0.05, 0) is 12.1 Å². The quantitative estimate of drug-likeness (QED) is 0.862. The fourth-order valence-electron chi connectivity index (χ4n) is 1.76. The molecule has 5 nitrogen and oxygen atoms in total. The zero-order valence-electron chi connectivity index (χ0n) is 9.23. The fraction of sp³-hybridized carbons (Fsp3) is 0.364. The lowest BCUT2D eigenvalue weighted by molar-refractivity contribution is -0.137. The summed E-state index contributed by atoms with van der Waals surface area (Å²) in [6, 6.07) is 1.41. The summed E-state index contributed by atoms with van der Waals surface area (Å²) in [7, 11) is 0. The molecule has 0 spiro atoms. The molecule has 7 heteroatoms. The molecule has 2 rings (SSSR count). The van der Waals surface area contributed by atoms with E-state index in [-0.39, 0.29) is 35.8 Å². The Balaban J connectivity index is 2.41. The maximum Gasteiger partial charge on any atom is 0.305 e. The summed E-state index contributed by atoms with van der Waals surface area (Å²) in [4.78, 5) is 10.6. The SMILES string of the molecule is NC(CC(=O)O)c1cc(C(F)F)cc2c1OCO2. The number of nitrogens with two attached hydrogens (primary N) is 1. The van der Waals surface area contributed by atoms with Gasteiger partial charge in [-0.1, -0.05) is 0 Å². The van der Waals surface area contributed by atoms with Crippen LogP contribution in [0.4, 0.5) is 8.78 Å². The predicted molar refractivity (Wildman–Crippen MR) is 56.7 cm³/mol. The third-order valence-corrected chi connectivity index (χ3v) is 2.57. The Morgan fingerprint density at radius 3 is 2.78 bits per heavy atom. The molecule has 0 saturated heterocycles. The minimum absolute atomic E-state index is 0.0885. The molecule has 0 bridgehead atoms. The van der Waals surface area contributed by atoms with Crippen LogP contribution < -0.4 is 15.2 Å². The second kappa shape index (κ2) is 4.77. The maximum atomic E-state index is 12.7. The summed E-state index contributed by atoms with van der Waals surface area (Å²) in [6.45, 7) is -0.0885. The highest BCUT2D eigenvalue weighted by Crippen LogP contribution is 2.41. The molecule has 1 heterocycles. The summed E-state index contributed by atoms with van der Waals surface area (Å²) in [6.07, 6.45) is -3.06. The smallest absolute Gasteiger partial charge is 0.305 e. The Kier molecular flexibility index (Phi) is 3.33. The Bertz CT molecular complexity index is 478. The number of carboxylic acid groups (broad SMARTS) is 1. The van der Waals surface area contributed by atoms with Crippen molar-refractivity contribution in [2.75, 3.05) is 6.79 Å². The number of carboxylic acids is 1. The number of halogens is 2. The largest absolute Gasteiger partial charge is 0.481 e. The van der Waals surface area contributed by atoms with Crippen LogP contribution in [-0.4, -0.2) is 17.9 Å². The van der Waals surface area contributed by atoms with Crippen molar-refractivity contribution in [1.29, 1.82) is 0 Å². The normalized spacial score (nSPS) is 14.9. The first-order chi connectivity index (χ1) is 8.49. The van der Waals surface area contributed by atoms with Gasteiger partial charge in [0.05, 0.1) is 6.42 Å². The van der Waals surface area contributed by atoms with Gasteiger partial charge in [-0.2, -0.15) is 0 Å². The van der Waals surface area contributed by atoms with Crippen molar-refractivity contribution < 1.29 is 28.2 Å². The number of benzene rings is 1. The average molecular weight is 259 g/mol. The third kappa shape index (κ3) is 2.35. The van der Waals surface area contributed by atoms with Crippen LogP contribution in [0.3, 0.4) is 0 Å². The van der Waals surface area contributed by atoms with E-state index >= 15 is 0 Å². The van der Waals surface area contributed by atoms with Crippen molar-refractivity contribution in [2.45, 2.75) is 18.9 Å². The standard InChI is InChI=1S/C11H11F2NO4/c12-11(13)5-1-6(7(14)3-9(15)16)10-8(2-5)17-4-18-10/h1-2,7,11H,3-4,14H2,(H,15,16). The topological polar surface area (TPSA) is 81.8 Å². The predicted octanol–water partition coefficient (Wildman–Crippen LogP) is 1.83. The summed E-state index contributed by atoms with van der Waals surface area (Å²) in [5, 5.41) is 8.67. The van der Waals surface area contributed by atoms with E-state index in [1.165, 1.54) is 6.07 Å². The third-order valence-electron chi connectivity index (χ3n) is 2.57. The molecular formula is C11H11F2NO4. The second-order valence-electron chi connectivity index (χ2n) is 3.85. The lowest BCUT2D eigenvalue weighted by Crippen LogP contribution is -2.16. The maximum absolute atomic E-state index is 12.7. The van der Waals surface area contributed by atoms with Gasteiger partial charge >= 0.3 is 5.97 Å². The summed E-state index contributed by atoms with van der Waals surface area (Å²) in [5.74, 6) is -0.700. The van der Waals surface area contributed by atoms with Gasteiger partial charge in [-0.25, -0.2) is 8.78 Å². The molecule has 18 heavy (non-hydrogen) atoms. The summed E-state index contributed by atoms with van der Waals surface area (Å²) < 4.78 is 35.5. The van der Waals surface area contributed by atoms with Gasteiger partial charge in [0.25, 0.3) is 6.43 Å². The molecule has 1 aliphatic rings. The molecule has 1 atom stereocenters. The van der Waals surface area contributed by atoms with Crippen LogP contribution in [0.1, 0.15) is 30.0 Å². The molecule has 1 unspecified atom stereocenters. The molecule has 0 saturated carbocycles. The first kappa shape index (κ1) is 12.6. The fourth-order valence-corrected chi connectivity index (χ4v) is 1.76. The van der Waals surface area contributed by atoms with Crippen molar-refractivity contribution in [2.24, 2.45) is 5.73 Å². The van der Waals surface area contributed by atoms with E-state index in [0.717, 1.165) is 6.07 Å². The van der Waals surface area contributed by atoms with Crippen molar-refractivity contribution >= 4 is 5.97 Å². The summed E-state index contributed by atoms with van der Waals surface area (Å²) >= 11 is 0. The molecule has 98 valence electrons. The number of fused-ring (bicyclic) bond motifs is 1. The minimum Gasteiger partial charge on any atom is -0.481 e. The number of aliphatic carboxylic acids is 1. The number of alkyl halides is 2. The van der Waals surface area contributed by atoms with Crippen LogP contribution in [0.15, 0.2) is 12.1 Å². The molecule has 0 aliphatic carbocycles. The Labute approximate surface area is 101 Å². The van der Waals surface area contributed by atoms with Crippen molar-refractivity contribution in [1.82, 2.24) is 0 Å². The minimum atomic E-state index is -2.68. The van der Waals surface area contributed by atoms with Gasteiger partial charge in [0.15, 0.2) is 11.5 Å². The molecule has 0 radical (unpaired) electrons. The zero-order chi connectivity index (χ0) is 13.3. The number of hydrogen-bond acceptors (Lipinski definition) is 4. The van der Waals surface area contributed by atoms with E-state index in [4.69, 9.17) is 20.3 Å². The van der Waals surface area contributed by atoms with Gasteiger partial charge in [0, 0.05) is 17.2 Å². The molecule has 3 N–H and O–H groups in total. The Morgan fingerprint density at radius 2 is 2.17 bits per heavy atom. The van der Waals surface area contributed by atoms with E-state index in [1.807, 2.05) is 0 Å². The van der Waals surface area contributed by atoms with E-state index < -0.39 is 18.4 Å². The van der Waals surface area contributed by atoms with Gasteiger partial charge in [-0.3, -0.25) is 4.79 Å². The number of hydrogen-bond donors (Lipinski definition) is 2. The number of rotatable bonds is 4.